The number of hydrogen-bond donors (Lipinski definition) is 1. The van der Waals surface area contributed by atoms with Crippen LogP contribution in [0.25, 0.3) is 0 Å². The van der Waals surface area contributed by atoms with E-state index in [0.29, 0.717) is 12.0 Å². The van der Waals surface area contributed by atoms with Crippen molar-refractivity contribution in [2.45, 2.75) is 39.2 Å². The van der Waals surface area contributed by atoms with Gasteiger partial charge in [0.2, 0.25) is 5.91 Å². The van der Waals surface area contributed by atoms with Crippen LogP contribution in [0.1, 0.15) is 43.5 Å². The van der Waals surface area contributed by atoms with Crippen molar-refractivity contribution in [3.05, 3.63) is 35.9 Å². The molecule has 0 aliphatic carbocycles. The molecule has 0 aromatic heterocycles. The van der Waals surface area contributed by atoms with E-state index in [1.165, 1.54) is 4.90 Å². The van der Waals surface area contributed by atoms with Gasteiger partial charge in [-0.05, 0) is 13.3 Å². The van der Waals surface area contributed by atoms with Gasteiger partial charge in [0.1, 0.15) is 6.54 Å². The number of benzene rings is 1. The van der Waals surface area contributed by atoms with Gasteiger partial charge in [-0.3, -0.25) is 14.4 Å². The van der Waals surface area contributed by atoms with Crippen LogP contribution in [-0.4, -0.2) is 40.3 Å². The van der Waals surface area contributed by atoms with Gasteiger partial charge >= 0.3 is 5.97 Å². The summed E-state index contributed by atoms with van der Waals surface area (Å²) in [6.45, 7) is 3.37. The minimum atomic E-state index is -1.04. The maximum Gasteiger partial charge on any atom is 0.323 e. The summed E-state index contributed by atoms with van der Waals surface area (Å²) in [7, 11) is 0. The number of nitrogens with zero attached hydrogens (tertiary/aromatic N) is 1. The fourth-order valence-electron chi connectivity index (χ4n) is 1.99. The molecule has 1 rings (SSSR count). The molecule has 0 spiro atoms. The molecular weight excluding hydrogens is 270 g/mol. The monoisotopic (exact) mass is 291 g/mol. The summed E-state index contributed by atoms with van der Waals surface area (Å²) in [6.07, 6.45) is 0.798. The Morgan fingerprint density at radius 2 is 1.76 bits per heavy atom. The molecule has 0 radical (unpaired) electrons. The number of amides is 1. The lowest BCUT2D eigenvalue weighted by molar-refractivity contribution is -0.146. The van der Waals surface area contributed by atoms with Crippen LogP contribution in [-0.2, 0) is 9.59 Å². The predicted molar refractivity (Wildman–Crippen MR) is 79.1 cm³/mol. The van der Waals surface area contributed by atoms with Crippen molar-refractivity contribution in [3.8, 4) is 0 Å². The van der Waals surface area contributed by atoms with Crippen LogP contribution in [0.15, 0.2) is 30.3 Å². The molecule has 21 heavy (non-hydrogen) atoms. The van der Waals surface area contributed by atoms with Crippen LogP contribution in [0.3, 0.4) is 0 Å². The maximum absolute atomic E-state index is 12.1. The number of carbonyl (C=O) groups is 3. The fourth-order valence-corrected chi connectivity index (χ4v) is 1.99. The Labute approximate surface area is 124 Å². The topological polar surface area (TPSA) is 74.7 Å². The van der Waals surface area contributed by atoms with Gasteiger partial charge < -0.3 is 10.0 Å². The molecule has 1 amide bonds. The third kappa shape index (κ3) is 5.38. The van der Waals surface area contributed by atoms with Crippen molar-refractivity contribution < 1.29 is 19.5 Å². The van der Waals surface area contributed by atoms with E-state index in [-0.39, 0.29) is 37.1 Å². The van der Waals surface area contributed by atoms with Crippen LogP contribution in [0.4, 0.5) is 0 Å². The van der Waals surface area contributed by atoms with Crippen molar-refractivity contribution >= 4 is 17.7 Å². The molecule has 0 fully saturated rings. The summed E-state index contributed by atoms with van der Waals surface area (Å²) in [5.74, 6) is -1.45. The first-order chi connectivity index (χ1) is 9.95. The molecular formula is C16H21NO4. The van der Waals surface area contributed by atoms with Gasteiger partial charge in [-0.1, -0.05) is 37.3 Å². The second-order valence-corrected chi connectivity index (χ2v) is 4.96. The van der Waals surface area contributed by atoms with E-state index < -0.39 is 5.97 Å². The lowest BCUT2D eigenvalue weighted by atomic mass is 10.1. The summed E-state index contributed by atoms with van der Waals surface area (Å²) >= 11 is 0. The number of carboxylic acid groups (broad SMARTS) is 1. The van der Waals surface area contributed by atoms with Gasteiger partial charge in [0.15, 0.2) is 5.78 Å². The molecule has 0 saturated carbocycles. The smallest absolute Gasteiger partial charge is 0.323 e. The van der Waals surface area contributed by atoms with Crippen molar-refractivity contribution in [2.75, 3.05) is 6.54 Å². The van der Waals surface area contributed by atoms with Crippen molar-refractivity contribution in [1.29, 1.82) is 0 Å². The highest BCUT2D eigenvalue weighted by molar-refractivity contribution is 5.98. The lowest BCUT2D eigenvalue weighted by Crippen LogP contribution is -2.41. The quantitative estimate of drug-likeness (QED) is 0.746. The van der Waals surface area contributed by atoms with Gasteiger partial charge in [-0.25, -0.2) is 0 Å². The molecule has 1 atom stereocenters. The third-order valence-corrected chi connectivity index (χ3v) is 3.41. The standard InChI is InChI=1S/C16H21NO4/c1-3-12(2)17(11-16(20)21)15(19)10-9-14(18)13-7-5-4-6-8-13/h4-8,12H,3,9-11H2,1-2H3,(H,20,21). The van der Waals surface area contributed by atoms with E-state index in [1.54, 1.807) is 31.2 Å². The lowest BCUT2D eigenvalue weighted by Gasteiger charge is -2.26. The van der Waals surface area contributed by atoms with E-state index in [1.807, 2.05) is 13.0 Å². The summed E-state index contributed by atoms with van der Waals surface area (Å²) < 4.78 is 0. The van der Waals surface area contributed by atoms with Crippen LogP contribution in [0.2, 0.25) is 0 Å². The highest BCUT2D eigenvalue weighted by Crippen LogP contribution is 2.10. The maximum atomic E-state index is 12.1. The van der Waals surface area contributed by atoms with Crippen LogP contribution in [0.5, 0.6) is 0 Å². The minimum absolute atomic E-state index is 0.0331. The Morgan fingerprint density at radius 3 is 2.29 bits per heavy atom. The molecule has 114 valence electrons. The second kappa shape index (κ2) is 8.19. The molecule has 1 aromatic rings. The number of carbonyl (C=O) groups excluding carboxylic acids is 2. The zero-order valence-electron chi connectivity index (χ0n) is 12.4. The van der Waals surface area contributed by atoms with Crippen molar-refractivity contribution in [2.24, 2.45) is 0 Å². The number of ketones is 1. The first-order valence-electron chi connectivity index (χ1n) is 7.05. The summed E-state index contributed by atoms with van der Waals surface area (Å²) in [5, 5.41) is 8.87. The SMILES string of the molecule is CCC(C)N(CC(=O)O)C(=O)CCC(=O)c1ccccc1. The molecule has 1 N–H and O–H groups in total. The van der Waals surface area contributed by atoms with Gasteiger partial charge in [0.25, 0.3) is 0 Å². The molecule has 0 saturated heterocycles. The fraction of sp³-hybridized carbons (Fsp3) is 0.438. The van der Waals surface area contributed by atoms with Gasteiger partial charge in [-0.15, -0.1) is 0 Å². The minimum Gasteiger partial charge on any atom is -0.480 e. The average molecular weight is 291 g/mol. The average Bonchev–Trinajstić information content (AvgIpc) is 2.49. The largest absolute Gasteiger partial charge is 0.480 e. The third-order valence-electron chi connectivity index (χ3n) is 3.41. The van der Waals surface area contributed by atoms with E-state index in [2.05, 4.69) is 0 Å². The molecule has 0 aliphatic heterocycles. The zero-order valence-corrected chi connectivity index (χ0v) is 12.4. The van der Waals surface area contributed by atoms with Crippen LogP contribution >= 0.6 is 0 Å². The Hall–Kier alpha value is -2.17. The summed E-state index contributed by atoms with van der Waals surface area (Å²) in [5.41, 5.74) is 0.568. The first-order valence-corrected chi connectivity index (χ1v) is 7.05. The van der Waals surface area contributed by atoms with Crippen molar-refractivity contribution in [1.82, 2.24) is 4.90 Å². The number of carboxylic acids is 1. The Balaban J connectivity index is 2.61. The molecule has 5 nitrogen and oxygen atoms in total. The molecule has 0 bridgehead atoms. The molecule has 0 heterocycles. The van der Waals surface area contributed by atoms with E-state index >= 15 is 0 Å². The normalized spacial score (nSPS) is 11.7. The summed E-state index contributed by atoms with van der Waals surface area (Å²) in [6, 6.07) is 8.61. The predicted octanol–water partition coefficient (Wildman–Crippen LogP) is 2.36. The highest BCUT2D eigenvalue weighted by Gasteiger charge is 2.22. The first kappa shape index (κ1) is 16.9. The summed E-state index contributed by atoms with van der Waals surface area (Å²) in [4.78, 5) is 36.2. The van der Waals surface area contributed by atoms with E-state index in [0.717, 1.165) is 0 Å². The van der Waals surface area contributed by atoms with Gasteiger partial charge in [-0.2, -0.15) is 0 Å². The van der Waals surface area contributed by atoms with Gasteiger partial charge in [0.05, 0.1) is 0 Å². The number of rotatable bonds is 8. The number of hydrogen-bond acceptors (Lipinski definition) is 3. The Bertz CT molecular complexity index is 498. The molecule has 0 aliphatic rings. The number of aliphatic carboxylic acids is 1. The molecule has 1 unspecified atom stereocenters. The Morgan fingerprint density at radius 1 is 1.14 bits per heavy atom. The van der Waals surface area contributed by atoms with E-state index in [4.69, 9.17) is 5.11 Å². The zero-order chi connectivity index (χ0) is 15.8. The number of Topliss-reactive ketones (excluding diaryl/α,β-unsaturated/α-hetero) is 1. The van der Waals surface area contributed by atoms with Crippen molar-refractivity contribution in [3.63, 3.8) is 0 Å². The second-order valence-electron chi connectivity index (χ2n) is 4.96. The Kier molecular flexibility index (Phi) is 6.59. The molecule has 1 aromatic carbocycles. The van der Waals surface area contributed by atoms with Crippen LogP contribution < -0.4 is 0 Å². The van der Waals surface area contributed by atoms with E-state index in [9.17, 15) is 14.4 Å². The highest BCUT2D eigenvalue weighted by atomic mass is 16.4. The van der Waals surface area contributed by atoms with Gasteiger partial charge in [0, 0.05) is 24.4 Å². The molecule has 5 heteroatoms. The van der Waals surface area contributed by atoms with Crippen LogP contribution in [0, 0.1) is 0 Å².